The number of rotatable bonds is 3. The number of carbonyl (C=O) groups excluding carboxylic acids is 2. The van der Waals surface area contributed by atoms with Crippen LogP contribution in [0.5, 0.6) is 0 Å². The molecule has 2 atom stereocenters. The minimum absolute atomic E-state index is 0.0890. The zero-order chi connectivity index (χ0) is 17.4. The molecule has 2 unspecified atom stereocenters. The summed E-state index contributed by atoms with van der Waals surface area (Å²) < 4.78 is 5.71. The number of benzene rings is 1. The van der Waals surface area contributed by atoms with Gasteiger partial charge in [0.15, 0.2) is 11.5 Å². The van der Waals surface area contributed by atoms with Crippen LogP contribution >= 0.6 is 0 Å². The molecule has 0 spiro atoms. The fourth-order valence-corrected chi connectivity index (χ4v) is 3.48. The van der Waals surface area contributed by atoms with Crippen LogP contribution in [-0.2, 0) is 9.59 Å². The van der Waals surface area contributed by atoms with Crippen molar-refractivity contribution in [2.75, 3.05) is 5.32 Å². The number of hydrogen-bond acceptors (Lipinski definition) is 4. The van der Waals surface area contributed by atoms with Gasteiger partial charge in [-0.25, -0.2) is 4.98 Å². The highest BCUT2D eigenvalue weighted by molar-refractivity contribution is 6.39. The number of nitrogens with one attached hydrogen (secondary N) is 2. The van der Waals surface area contributed by atoms with Gasteiger partial charge in [-0.05, 0) is 49.8 Å². The Morgan fingerprint density at radius 3 is 2.68 bits per heavy atom. The first kappa shape index (κ1) is 16.1. The first-order valence-electron chi connectivity index (χ1n) is 9.12. The lowest BCUT2D eigenvalue weighted by atomic mass is 9.86. The average molecular weight is 341 g/mol. The smallest absolute Gasteiger partial charge is 0.313 e. The van der Waals surface area contributed by atoms with Gasteiger partial charge >= 0.3 is 11.8 Å². The van der Waals surface area contributed by atoms with Crippen molar-refractivity contribution in [1.29, 1.82) is 0 Å². The molecule has 0 saturated heterocycles. The fourth-order valence-electron chi connectivity index (χ4n) is 3.48. The molecular formula is C19H23N3O3. The summed E-state index contributed by atoms with van der Waals surface area (Å²) in [5.74, 6) is 0.412. The molecule has 25 heavy (non-hydrogen) atoms. The molecule has 2 N–H and O–H groups in total. The van der Waals surface area contributed by atoms with Gasteiger partial charge in [0.25, 0.3) is 0 Å². The summed E-state index contributed by atoms with van der Waals surface area (Å²) in [5.41, 5.74) is 1.97. The van der Waals surface area contributed by atoms with Crippen molar-refractivity contribution in [3.63, 3.8) is 0 Å². The van der Waals surface area contributed by atoms with E-state index >= 15 is 0 Å². The molecule has 2 fully saturated rings. The van der Waals surface area contributed by atoms with Gasteiger partial charge in [-0.3, -0.25) is 9.59 Å². The van der Waals surface area contributed by atoms with Gasteiger partial charge in [0.1, 0.15) is 5.52 Å². The lowest BCUT2D eigenvalue weighted by molar-refractivity contribution is -0.137. The molecule has 1 aromatic heterocycles. The van der Waals surface area contributed by atoms with Crippen LogP contribution in [0.3, 0.4) is 0 Å². The standard InChI is InChI=1S/C19H23N3O3/c1-11-4-2-3-5-14(11)21-18(24)17(23)20-13-8-9-16-15(10-13)22-19(25-16)12-6-7-12/h8-12,14H,2-7H2,1H3,(H,20,23)(H,21,24). The number of anilines is 1. The fraction of sp³-hybridized carbons (Fsp3) is 0.526. The van der Waals surface area contributed by atoms with E-state index < -0.39 is 11.8 Å². The predicted octanol–water partition coefficient (Wildman–Crippen LogP) is 3.34. The number of nitrogens with zero attached hydrogens (tertiary/aromatic N) is 1. The number of aromatic nitrogens is 1. The van der Waals surface area contributed by atoms with Crippen LogP contribution in [0.2, 0.25) is 0 Å². The Balaban J connectivity index is 1.41. The van der Waals surface area contributed by atoms with Crippen LogP contribution in [0.4, 0.5) is 5.69 Å². The second kappa shape index (κ2) is 6.50. The molecule has 2 aliphatic rings. The van der Waals surface area contributed by atoms with Crippen LogP contribution in [0.25, 0.3) is 11.1 Å². The molecule has 0 radical (unpaired) electrons. The first-order chi connectivity index (χ1) is 12.1. The van der Waals surface area contributed by atoms with Crippen molar-refractivity contribution < 1.29 is 14.0 Å². The van der Waals surface area contributed by atoms with E-state index in [1.807, 2.05) is 0 Å². The van der Waals surface area contributed by atoms with Crippen LogP contribution in [0.1, 0.15) is 57.3 Å². The molecule has 2 aromatic rings. The topological polar surface area (TPSA) is 84.2 Å². The van der Waals surface area contributed by atoms with Crippen LogP contribution in [-0.4, -0.2) is 22.8 Å². The zero-order valence-electron chi connectivity index (χ0n) is 14.4. The molecule has 1 heterocycles. The van der Waals surface area contributed by atoms with Crippen LogP contribution < -0.4 is 10.6 Å². The Morgan fingerprint density at radius 1 is 1.12 bits per heavy atom. The third-order valence-corrected chi connectivity index (χ3v) is 5.22. The average Bonchev–Trinajstić information content (AvgIpc) is 3.36. The molecule has 132 valence electrons. The summed E-state index contributed by atoms with van der Waals surface area (Å²) in [6, 6.07) is 5.36. The number of amides is 2. The van der Waals surface area contributed by atoms with Crippen LogP contribution in [0, 0.1) is 5.92 Å². The maximum atomic E-state index is 12.2. The Labute approximate surface area is 146 Å². The predicted molar refractivity (Wildman–Crippen MR) is 94.2 cm³/mol. The van der Waals surface area contributed by atoms with E-state index in [0.29, 0.717) is 28.6 Å². The molecule has 6 nitrogen and oxygen atoms in total. The molecular weight excluding hydrogens is 318 g/mol. The molecule has 0 bridgehead atoms. The highest BCUT2D eigenvalue weighted by Gasteiger charge is 2.29. The second-order valence-corrected chi connectivity index (χ2v) is 7.30. The largest absolute Gasteiger partial charge is 0.440 e. The zero-order valence-corrected chi connectivity index (χ0v) is 14.4. The highest BCUT2D eigenvalue weighted by Crippen LogP contribution is 2.40. The molecule has 0 aliphatic heterocycles. The second-order valence-electron chi connectivity index (χ2n) is 7.30. The number of oxazole rings is 1. The maximum Gasteiger partial charge on any atom is 0.313 e. The normalized spacial score (nSPS) is 23.4. The summed E-state index contributed by atoms with van der Waals surface area (Å²) in [5, 5.41) is 5.53. The Bertz CT molecular complexity index is 809. The van der Waals surface area contributed by atoms with Gasteiger partial charge in [0.05, 0.1) is 0 Å². The minimum atomic E-state index is -0.636. The number of carbonyl (C=O) groups is 2. The summed E-state index contributed by atoms with van der Waals surface area (Å²) in [4.78, 5) is 28.8. The molecule has 4 rings (SSSR count). The Morgan fingerprint density at radius 2 is 1.92 bits per heavy atom. The quantitative estimate of drug-likeness (QED) is 0.839. The Hall–Kier alpha value is -2.37. The molecule has 2 amide bonds. The van der Waals surface area contributed by atoms with Crippen LogP contribution in [0.15, 0.2) is 22.6 Å². The first-order valence-corrected chi connectivity index (χ1v) is 9.12. The molecule has 2 saturated carbocycles. The van der Waals surface area contributed by atoms with E-state index in [1.165, 1.54) is 6.42 Å². The van der Waals surface area contributed by atoms with Gasteiger partial charge in [-0.2, -0.15) is 0 Å². The van der Waals surface area contributed by atoms with Crippen molar-refractivity contribution >= 4 is 28.6 Å². The summed E-state index contributed by atoms with van der Waals surface area (Å²) in [6.07, 6.45) is 6.57. The number of hydrogen-bond donors (Lipinski definition) is 2. The van der Waals surface area contributed by atoms with Crippen molar-refractivity contribution in [2.45, 2.75) is 57.4 Å². The van der Waals surface area contributed by atoms with Crippen molar-refractivity contribution in [1.82, 2.24) is 10.3 Å². The van der Waals surface area contributed by atoms with E-state index in [2.05, 4.69) is 22.5 Å². The monoisotopic (exact) mass is 341 g/mol. The molecule has 1 aromatic carbocycles. The number of fused-ring (bicyclic) bond motifs is 1. The van der Waals surface area contributed by atoms with Gasteiger partial charge in [-0.1, -0.05) is 19.8 Å². The molecule has 6 heteroatoms. The lowest BCUT2D eigenvalue weighted by Crippen LogP contribution is -2.45. The van der Waals surface area contributed by atoms with Gasteiger partial charge < -0.3 is 15.1 Å². The van der Waals surface area contributed by atoms with Crippen molar-refractivity contribution in [2.24, 2.45) is 5.92 Å². The minimum Gasteiger partial charge on any atom is -0.440 e. The summed E-state index contributed by atoms with van der Waals surface area (Å²) >= 11 is 0. The van der Waals surface area contributed by atoms with Gasteiger partial charge in [0, 0.05) is 17.6 Å². The van der Waals surface area contributed by atoms with E-state index in [1.54, 1.807) is 18.2 Å². The summed E-state index contributed by atoms with van der Waals surface area (Å²) in [7, 11) is 0. The van der Waals surface area contributed by atoms with Crippen molar-refractivity contribution in [3.8, 4) is 0 Å². The Kier molecular flexibility index (Phi) is 4.19. The third-order valence-electron chi connectivity index (χ3n) is 5.22. The summed E-state index contributed by atoms with van der Waals surface area (Å²) in [6.45, 7) is 2.12. The van der Waals surface area contributed by atoms with E-state index in [4.69, 9.17) is 4.42 Å². The van der Waals surface area contributed by atoms with E-state index in [-0.39, 0.29) is 6.04 Å². The lowest BCUT2D eigenvalue weighted by Gasteiger charge is -2.29. The van der Waals surface area contributed by atoms with Gasteiger partial charge in [-0.15, -0.1) is 0 Å². The maximum absolute atomic E-state index is 12.2. The third kappa shape index (κ3) is 3.52. The van der Waals surface area contributed by atoms with E-state index in [0.717, 1.165) is 38.0 Å². The highest BCUT2D eigenvalue weighted by atomic mass is 16.3. The molecule has 2 aliphatic carbocycles. The van der Waals surface area contributed by atoms with Gasteiger partial charge in [0.2, 0.25) is 0 Å². The van der Waals surface area contributed by atoms with Crippen molar-refractivity contribution in [3.05, 3.63) is 24.1 Å². The van der Waals surface area contributed by atoms with E-state index in [9.17, 15) is 9.59 Å². The SMILES string of the molecule is CC1CCCCC1NC(=O)C(=O)Nc1ccc2oc(C3CC3)nc2c1.